The van der Waals surface area contributed by atoms with Crippen molar-refractivity contribution in [2.45, 2.75) is 39.7 Å². The lowest BCUT2D eigenvalue weighted by atomic mass is 10.2. The molecule has 0 heterocycles. The maximum atomic E-state index is 4.09. The van der Waals surface area contributed by atoms with Crippen molar-refractivity contribution in [3.63, 3.8) is 0 Å². The van der Waals surface area contributed by atoms with E-state index in [2.05, 4.69) is 29.8 Å². The van der Waals surface area contributed by atoms with Gasteiger partial charge in [0.05, 0.1) is 12.1 Å². The van der Waals surface area contributed by atoms with Crippen LogP contribution < -0.4 is 0 Å². The van der Waals surface area contributed by atoms with Crippen LogP contribution in [0.4, 0.5) is 0 Å². The van der Waals surface area contributed by atoms with E-state index in [0.717, 1.165) is 13.0 Å². The first-order valence-corrected chi connectivity index (χ1v) is 3.92. The van der Waals surface area contributed by atoms with Crippen LogP contribution in [0.5, 0.6) is 0 Å². The predicted molar refractivity (Wildman–Crippen MR) is 44.8 cm³/mol. The molecule has 0 radical (unpaired) electrons. The molecule has 0 aromatic heterocycles. The summed E-state index contributed by atoms with van der Waals surface area (Å²) < 4.78 is 0. The molecular formula is C8H16N2. The second-order valence-corrected chi connectivity index (χ2v) is 2.34. The fourth-order valence-corrected chi connectivity index (χ4v) is 0.692. The molecule has 1 unspecified atom stereocenters. The summed E-state index contributed by atoms with van der Waals surface area (Å²) in [5.41, 5.74) is 0. The number of hydrogen-bond donors (Lipinski definition) is 0. The van der Waals surface area contributed by atoms with Crippen molar-refractivity contribution in [1.82, 2.24) is 0 Å². The van der Waals surface area contributed by atoms with E-state index in [1.54, 1.807) is 0 Å². The van der Waals surface area contributed by atoms with Gasteiger partial charge in [0.25, 0.3) is 0 Å². The molecule has 0 aliphatic rings. The Morgan fingerprint density at radius 3 is 2.60 bits per heavy atom. The second kappa shape index (κ2) is 6.50. The number of rotatable bonds is 4. The molecule has 0 spiro atoms. The Labute approximate surface area is 63.1 Å². The predicted octanol–water partition coefficient (Wildman–Crippen LogP) is 2.37. The Balaban J connectivity index is 3.54. The molecule has 10 heavy (non-hydrogen) atoms. The van der Waals surface area contributed by atoms with Crippen LogP contribution >= 0.6 is 0 Å². The van der Waals surface area contributed by atoms with E-state index in [9.17, 15) is 0 Å². The van der Waals surface area contributed by atoms with Gasteiger partial charge in [-0.15, -0.1) is 0 Å². The quantitative estimate of drug-likeness (QED) is 0.535. The molecule has 0 N–H and O–H groups in total. The summed E-state index contributed by atoms with van der Waals surface area (Å²) in [5, 5.41) is 0. The molecule has 2 heteroatoms. The average molecular weight is 140 g/mol. The van der Waals surface area contributed by atoms with Crippen molar-refractivity contribution in [3.8, 4) is 0 Å². The minimum absolute atomic E-state index is 0.389. The van der Waals surface area contributed by atoms with E-state index >= 15 is 0 Å². The smallest absolute Gasteiger partial charge is 0.0895 e. The summed E-state index contributed by atoms with van der Waals surface area (Å²) in [5.74, 6) is 0. The Morgan fingerprint density at radius 2 is 2.10 bits per heavy atom. The molecule has 1 atom stereocenters. The van der Waals surface area contributed by atoms with Gasteiger partial charge in [-0.25, -0.2) is 9.98 Å². The first-order valence-electron chi connectivity index (χ1n) is 3.92. The summed E-state index contributed by atoms with van der Waals surface area (Å²) in [7, 11) is 0. The van der Waals surface area contributed by atoms with Crippen LogP contribution in [0.25, 0.3) is 0 Å². The molecule has 2 nitrogen and oxygen atoms in total. The first kappa shape index (κ1) is 9.38. The Kier molecular flexibility index (Phi) is 6.10. The van der Waals surface area contributed by atoms with Crippen molar-refractivity contribution in [3.05, 3.63) is 0 Å². The topological polar surface area (TPSA) is 24.7 Å². The zero-order chi connectivity index (χ0) is 7.82. The minimum Gasteiger partial charge on any atom is -0.226 e. The van der Waals surface area contributed by atoms with Crippen molar-refractivity contribution < 1.29 is 0 Å². The summed E-state index contributed by atoms with van der Waals surface area (Å²) in [6.07, 6.45) is 2.31. The molecule has 0 saturated heterocycles. The third kappa shape index (κ3) is 5.52. The van der Waals surface area contributed by atoms with E-state index in [1.165, 1.54) is 6.42 Å². The van der Waals surface area contributed by atoms with Crippen LogP contribution in [0.15, 0.2) is 9.98 Å². The summed E-state index contributed by atoms with van der Waals surface area (Å²) in [6, 6.07) is 3.06. The van der Waals surface area contributed by atoms with Crippen molar-refractivity contribution in [1.29, 1.82) is 0 Å². The Hall–Kier alpha value is -0.620. The Morgan fingerprint density at radius 1 is 1.40 bits per heavy atom. The molecule has 0 saturated carbocycles. The van der Waals surface area contributed by atoms with Gasteiger partial charge in [-0.05, 0) is 20.3 Å². The van der Waals surface area contributed by atoms with Crippen LogP contribution in [0.1, 0.15) is 33.6 Å². The van der Waals surface area contributed by atoms with Crippen molar-refractivity contribution in [2.24, 2.45) is 9.98 Å². The first-order chi connectivity index (χ1) is 4.81. The SMILES string of the molecule is CCCC(C)N=C=NCC. The van der Waals surface area contributed by atoms with Crippen molar-refractivity contribution in [2.75, 3.05) is 6.54 Å². The van der Waals surface area contributed by atoms with Crippen molar-refractivity contribution >= 4 is 6.01 Å². The number of nitrogens with zero attached hydrogens (tertiary/aromatic N) is 2. The fourth-order valence-electron chi connectivity index (χ4n) is 0.692. The van der Waals surface area contributed by atoms with Gasteiger partial charge in [0, 0.05) is 6.54 Å². The number of aliphatic imine (C=N–C) groups is 2. The zero-order valence-electron chi connectivity index (χ0n) is 7.09. The minimum atomic E-state index is 0.389. The van der Waals surface area contributed by atoms with Crippen LogP contribution in [-0.2, 0) is 0 Å². The lowest BCUT2D eigenvalue weighted by Gasteiger charge is -1.97. The highest BCUT2D eigenvalue weighted by atomic mass is 14.8. The molecule has 0 aromatic carbocycles. The van der Waals surface area contributed by atoms with Gasteiger partial charge >= 0.3 is 0 Å². The van der Waals surface area contributed by atoms with E-state index in [0.29, 0.717) is 6.04 Å². The normalized spacial score (nSPS) is 11.9. The highest BCUT2D eigenvalue weighted by Crippen LogP contribution is 1.97. The van der Waals surface area contributed by atoms with E-state index < -0.39 is 0 Å². The molecule has 0 aromatic rings. The molecule has 0 bridgehead atoms. The standard InChI is InChI=1S/C8H16N2/c1-4-6-8(3)10-7-9-5-2/h8H,4-6H2,1-3H3. The van der Waals surface area contributed by atoms with E-state index in [1.807, 2.05) is 6.92 Å². The molecule has 58 valence electrons. The average Bonchev–Trinajstić information content (AvgIpc) is 1.89. The lowest BCUT2D eigenvalue weighted by Crippen LogP contribution is -1.94. The number of hydrogen-bond acceptors (Lipinski definition) is 2. The van der Waals surface area contributed by atoms with Gasteiger partial charge in [-0.3, -0.25) is 0 Å². The molecule has 0 fully saturated rings. The molecular weight excluding hydrogens is 124 g/mol. The molecule has 0 amide bonds. The van der Waals surface area contributed by atoms with Gasteiger partial charge in [0.1, 0.15) is 0 Å². The monoisotopic (exact) mass is 140 g/mol. The maximum Gasteiger partial charge on any atom is 0.0895 e. The highest BCUT2D eigenvalue weighted by molar-refractivity contribution is 5.41. The summed E-state index contributed by atoms with van der Waals surface area (Å²) in [6.45, 7) is 7.00. The van der Waals surface area contributed by atoms with Gasteiger partial charge in [-0.1, -0.05) is 13.3 Å². The molecule has 0 aliphatic carbocycles. The van der Waals surface area contributed by atoms with Gasteiger partial charge in [0.15, 0.2) is 0 Å². The summed E-state index contributed by atoms with van der Waals surface area (Å²) >= 11 is 0. The zero-order valence-corrected chi connectivity index (χ0v) is 7.09. The Bertz CT molecular complexity index is 123. The van der Waals surface area contributed by atoms with Gasteiger partial charge in [0.2, 0.25) is 0 Å². The maximum absolute atomic E-state index is 4.09. The van der Waals surface area contributed by atoms with E-state index in [4.69, 9.17) is 0 Å². The summed E-state index contributed by atoms with van der Waals surface area (Å²) in [4.78, 5) is 7.96. The second-order valence-electron chi connectivity index (χ2n) is 2.34. The molecule has 0 rings (SSSR count). The van der Waals surface area contributed by atoms with E-state index in [-0.39, 0.29) is 0 Å². The van der Waals surface area contributed by atoms with Gasteiger partial charge < -0.3 is 0 Å². The molecule has 0 aliphatic heterocycles. The van der Waals surface area contributed by atoms with Gasteiger partial charge in [-0.2, -0.15) is 0 Å². The highest BCUT2D eigenvalue weighted by Gasteiger charge is 1.92. The van der Waals surface area contributed by atoms with Crippen LogP contribution in [0.2, 0.25) is 0 Å². The lowest BCUT2D eigenvalue weighted by molar-refractivity contribution is 0.657. The largest absolute Gasteiger partial charge is 0.226 e. The van der Waals surface area contributed by atoms with Crippen LogP contribution in [0, 0.1) is 0 Å². The fraction of sp³-hybridized carbons (Fsp3) is 0.875. The third-order valence-corrected chi connectivity index (χ3v) is 1.21. The van der Waals surface area contributed by atoms with Crippen LogP contribution in [-0.4, -0.2) is 18.6 Å². The third-order valence-electron chi connectivity index (χ3n) is 1.21. The van der Waals surface area contributed by atoms with Crippen LogP contribution in [0.3, 0.4) is 0 Å².